The van der Waals surface area contributed by atoms with E-state index in [2.05, 4.69) is 0 Å². The molecule has 1 saturated heterocycles. The summed E-state index contributed by atoms with van der Waals surface area (Å²) in [6, 6.07) is 18.2. The van der Waals surface area contributed by atoms with Crippen LogP contribution in [-0.4, -0.2) is 53.8 Å². The van der Waals surface area contributed by atoms with Crippen molar-refractivity contribution in [3.8, 4) is 5.75 Å². The molecule has 1 fully saturated rings. The molecule has 2 aromatic carbocycles. The number of carbonyl (C=O) groups is 2. The standard InChI is InChI=1S/C28H30N2O4S/c1-19-8-4-5-9-21(19)18-34-22-13-11-20(12-14-22)26(31)24-25(23-10-6-17-35-23)30(28(33)27(24)32)16-7-15-29(2)3/h4-6,8-14,17,25,31H,7,15-16,18H2,1-3H3. The first kappa shape index (κ1) is 24.7. The van der Waals surface area contributed by atoms with Gasteiger partial charge in [0.25, 0.3) is 11.7 Å². The summed E-state index contributed by atoms with van der Waals surface area (Å²) >= 11 is 1.47. The summed E-state index contributed by atoms with van der Waals surface area (Å²) < 4.78 is 5.90. The summed E-state index contributed by atoms with van der Waals surface area (Å²) in [5, 5.41) is 13.1. The molecule has 1 aliphatic heterocycles. The molecular weight excluding hydrogens is 460 g/mol. The summed E-state index contributed by atoms with van der Waals surface area (Å²) in [7, 11) is 3.94. The van der Waals surface area contributed by atoms with Gasteiger partial charge in [-0.05, 0) is 80.8 Å². The molecule has 0 aliphatic carbocycles. The van der Waals surface area contributed by atoms with Crippen LogP contribution in [0.25, 0.3) is 5.76 Å². The molecule has 4 rings (SSSR count). The third kappa shape index (κ3) is 5.47. The number of rotatable bonds is 9. The van der Waals surface area contributed by atoms with Crippen LogP contribution in [0.5, 0.6) is 5.75 Å². The summed E-state index contributed by atoms with van der Waals surface area (Å²) in [4.78, 5) is 30.5. The lowest BCUT2D eigenvalue weighted by Gasteiger charge is -2.24. The minimum absolute atomic E-state index is 0.135. The van der Waals surface area contributed by atoms with Gasteiger partial charge < -0.3 is 19.6 Å². The Balaban J connectivity index is 1.59. The van der Waals surface area contributed by atoms with E-state index >= 15 is 0 Å². The number of aryl methyl sites for hydroxylation is 1. The van der Waals surface area contributed by atoms with Crippen LogP contribution >= 0.6 is 11.3 Å². The number of hydrogen-bond acceptors (Lipinski definition) is 6. The molecule has 0 spiro atoms. The SMILES string of the molecule is Cc1ccccc1COc1ccc(C(O)=C2C(=O)C(=O)N(CCCN(C)C)C2c2cccs2)cc1. The van der Waals surface area contributed by atoms with E-state index in [4.69, 9.17) is 4.74 Å². The maximum absolute atomic E-state index is 13.1. The summed E-state index contributed by atoms with van der Waals surface area (Å²) in [5.74, 6) is -0.724. The van der Waals surface area contributed by atoms with Crippen molar-refractivity contribution in [2.24, 2.45) is 0 Å². The van der Waals surface area contributed by atoms with Crippen molar-refractivity contribution in [3.63, 3.8) is 0 Å². The molecule has 1 amide bonds. The number of likely N-dealkylation sites (tertiary alicyclic amines) is 1. The van der Waals surface area contributed by atoms with E-state index in [1.807, 2.05) is 67.7 Å². The smallest absolute Gasteiger partial charge is 0.295 e. The Morgan fingerprint density at radius 3 is 2.46 bits per heavy atom. The van der Waals surface area contributed by atoms with Crippen LogP contribution in [0.1, 0.15) is 34.0 Å². The third-order valence-electron chi connectivity index (χ3n) is 6.14. The Labute approximate surface area is 210 Å². The first-order valence-corrected chi connectivity index (χ1v) is 12.5. The highest BCUT2D eigenvalue weighted by molar-refractivity contribution is 7.10. The van der Waals surface area contributed by atoms with Crippen LogP contribution in [-0.2, 0) is 16.2 Å². The van der Waals surface area contributed by atoms with Crippen LogP contribution in [0.3, 0.4) is 0 Å². The largest absolute Gasteiger partial charge is 0.507 e. The second-order valence-electron chi connectivity index (χ2n) is 8.90. The van der Waals surface area contributed by atoms with Gasteiger partial charge in [0, 0.05) is 17.0 Å². The Bertz CT molecular complexity index is 1220. The lowest BCUT2D eigenvalue weighted by Crippen LogP contribution is -2.32. The number of benzene rings is 2. The van der Waals surface area contributed by atoms with Crippen molar-refractivity contribution in [3.05, 3.63) is 93.2 Å². The second-order valence-corrected chi connectivity index (χ2v) is 9.88. The Kier molecular flexibility index (Phi) is 7.68. The van der Waals surface area contributed by atoms with E-state index in [1.165, 1.54) is 11.3 Å². The molecule has 0 saturated carbocycles. The van der Waals surface area contributed by atoms with Gasteiger partial charge in [-0.3, -0.25) is 9.59 Å². The van der Waals surface area contributed by atoms with E-state index in [-0.39, 0.29) is 11.3 Å². The molecule has 7 heteroatoms. The van der Waals surface area contributed by atoms with Gasteiger partial charge in [-0.1, -0.05) is 30.3 Å². The fourth-order valence-electron chi connectivity index (χ4n) is 4.21. The average Bonchev–Trinajstić information content (AvgIpc) is 3.46. The van der Waals surface area contributed by atoms with Gasteiger partial charge >= 0.3 is 0 Å². The molecule has 0 radical (unpaired) electrons. The lowest BCUT2D eigenvalue weighted by molar-refractivity contribution is -0.139. The molecule has 182 valence electrons. The number of thiophene rings is 1. The molecule has 35 heavy (non-hydrogen) atoms. The number of hydrogen-bond donors (Lipinski definition) is 1. The van der Waals surface area contributed by atoms with Crippen molar-refractivity contribution in [1.82, 2.24) is 9.80 Å². The fraction of sp³-hybridized carbons (Fsp3) is 0.286. The van der Waals surface area contributed by atoms with Gasteiger partial charge in [-0.25, -0.2) is 0 Å². The quantitative estimate of drug-likeness (QED) is 0.259. The van der Waals surface area contributed by atoms with E-state index < -0.39 is 17.7 Å². The lowest BCUT2D eigenvalue weighted by atomic mass is 10.00. The highest BCUT2D eigenvalue weighted by Crippen LogP contribution is 2.41. The van der Waals surface area contributed by atoms with Crippen molar-refractivity contribution >= 4 is 28.8 Å². The first-order valence-electron chi connectivity index (χ1n) is 11.6. The molecular formula is C28H30N2O4S. The van der Waals surface area contributed by atoms with Gasteiger partial charge in [0.05, 0.1) is 11.6 Å². The number of aliphatic hydroxyl groups excluding tert-OH is 1. The molecule has 3 aromatic rings. The average molecular weight is 491 g/mol. The zero-order valence-electron chi connectivity index (χ0n) is 20.2. The van der Waals surface area contributed by atoms with Crippen LogP contribution in [0.15, 0.2) is 71.6 Å². The third-order valence-corrected chi connectivity index (χ3v) is 7.07. The van der Waals surface area contributed by atoms with Crippen LogP contribution in [0.2, 0.25) is 0 Å². The minimum atomic E-state index is -0.648. The maximum atomic E-state index is 13.1. The molecule has 2 heterocycles. The van der Waals surface area contributed by atoms with Gasteiger partial charge in [0.1, 0.15) is 18.1 Å². The number of carbonyl (C=O) groups excluding carboxylic acids is 2. The molecule has 1 aliphatic rings. The normalized spacial score (nSPS) is 17.4. The highest BCUT2D eigenvalue weighted by atomic mass is 32.1. The van der Waals surface area contributed by atoms with Crippen LogP contribution in [0, 0.1) is 6.92 Å². The number of ketones is 1. The summed E-state index contributed by atoms with van der Waals surface area (Å²) in [5.41, 5.74) is 2.87. The van der Waals surface area contributed by atoms with Gasteiger partial charge in [0.15, 0.2) is 0 Å². The van der Waals surface area contributed by atoms with Crippen molar-refractivity contribution in [2.45, 2.75) is 26.0 Å². The van der Waals surface area contributed by atoms with Gasteiger partial charge in [0.2, 0.25) is 0 Å². The van der Waals surface area contributed by atoms with Gasteiger partial charge in [-0.2, -0.15) is 0 Å². The van der Waals surface area contributed by atoms with Crippen LogP contribution in [0.4, 0.5) is 0 Å². The van der Waals surface area contributed by atoms with E-state index in [9.17, 15) is 14.7 Å². The summed E-state index contributed by atoms with van der Waals surface area (Å²) in [6.07, 6.45) is 0.731. The molecule has 1 atom stereocenters. The zero-order valence-corrected chi connectivity index (χ0v) is 21.0. The Morgan fingerprint density at radius 2 is 1.80 bits per heavy atom. The number of amides is 1. The zero-order chi connectivity index (χ0) is 24.9. The van der Waals surface area contributed by atoms with Crippen LogP contribution < -0.4 is 4.74 Å². The number of nitrogens with zero attached hydrogens (tertiary/aromatic N) is 2. The van der Waals surface area contributed by atoms with Crippen molar-refractivity contribution < 1.29 is 19.4 Å². The molecule has 0 bridgehead atoms. The second kappa shape index (κ2) is 10.9. The predicted octanol–water partition coefficient (Wildman–Crippen LogP) is 5.01. The molecule has 1 aromatic heterocycles. The monoisotopic (exact) mass is 490 g/mol. The van der Waals surface area contributed by atoms with Crippen molar-refractivity contribution in [2.75, 3.05) is 27.2 Å². The van der Waals surface area contributed by atoms with E-state index in [0.717, 1.165) is 29.0 Å². The van der Waals surface area contributed by atoms with E-state index in [0.29, 0.717) is 24.5 Å². The molecule has 1 unspecified atom stereocenters. The number of aliphatic hydroxyl groups is 1. The fourth-order valence-corrected chi connectivity index (χ4v) is 5.05. The highest BCUT2D eigenvalue weighted by Gasteiger charge is 2.46. The first-order chi connectivity index (χ1) is 16.9. The molecule has 6 nitrogen and oxygen atoms in total. The number of Topliss-reactive ketones (excluding diaryl/α,β-unsaturated/α-hetero) is 1. The Hall–Kier alpha value is -3.42. The molecule has 1 N–H and O–H groups in total. The Morgan fingerprint density at radius 1 is 1.06 bits per heavy atom. The van der Waals surface area contributed by atoms with Gasteiger partial charge in [-0.15, -0.1) is 11.3 Å². The summed E-state index contributed by atoms with van der Waals surface area (Å²) in [6.45, 7) is 3.71. The topological polar surface area (TPSA) is 70.1 Å². The van der Waals surface area contributed by atoms with Crippen molar-refractivity contribution in [1.29, 1.82) is 0 Å². The maximum Gasteiger partial charge on any atom is 0.295 e. The van der Waals surface area contributed by atoms with E-state index in [1.54, 1.807) is 29.2 Å². The minimum Gasteiger partial charge on any atom is -0.507 e. The number of ether oxygens (including phenoxy) is 1. The predicted molar refractivity (Wildman–Crippen MR) is 138 cm³/mol.